The number of esters is 1. The number of rotatable bonds is 2. The molecule has 0 aromatic heterocycles. The van der Waals surface area contributed by atoms with Crippen LogP contribution in [0, 0.1) is 5.82 Å². The van der Waals surface area contributed by atoms with Crippen molar-refractivity contribution in [1.82, 2.24) is 0 Å². The summed E-state index contributed by atoms with van der Waals surface area (Å²) in [4.78, 5) is 23.3. The summed E-state index contributed by atoms with van der Waals surface area (Å²) in [6.07, 6.45) is 2.00. The zero-order valence-corrected chi connectivity index (χ0v) is 10.4. The topological polar surface area (TPSA) is 43.4 Å². The van der Waals surface area contributed by atoms with Crippen molar-refractivity contribution in [3.8, 4) is 0 Å². The molecule has 1 aliphatic carbocycles. The lowest BCUT2D eigenvalue weighted by molar-refractivity contribution is -0.129. The Hall–Kier alpha value is -1.42. The van der Waals surface area contributed by atoms with E-state index < -0.39 is 17.9 Å². The molecule has 1 saturated carbocycles. The van der Waals surface area contributed by atoms with Gasteiger partial charge in [0, 0.05) is 6.42 Å². The van der Waals surface area contributed by atoms with Gasteiger partial charge in [-0.25, -0.2) is 9.18 Å². The third kappa shape index (κ3) is 2.88. The van der Waals surface area contributed by atoms with Crippen molar-refractivity contribution in [2.24, 2.45) is 0 Å². The second-order valence-corrected chi connectivity index (χ2v) is 4.64. The molecule has 1 aliphatic rings. The van der Waals surface area contributed by atoms with Gasteiger partial charge >= 0.3 is 5.97 Å². The van der Waals surface area contributed by atoms with Gasteiger partial charge < -0.3 is 4.74 Å². The minimum atomic E-state index is -0.688. The third-order valence-electron chi connectivity index (χ3n) is 2.90. The van der Waals surface area contributed by atoms with Gasteiger partial charge in [0.15, 0.2) is 11.9 Å². The van der Waals surface area contributed by atoms with Crippen LogP contribution in [0.1, 0.15) is 36.0 Å². The number of carbonyl (C=O) groups excluding carboxylic acids is 2. The van der Waals surface area contributed by atoms with Crippen LogP contribution in [0.2, 0.25) is 5.02 Å². The molecule has 0 spiro atoms. The molecule has 18 heavy (non-hydrogen) atoms. The lowest BCUT2D eigenvalue weighted by Gasteiger charge is -2.20. The Morgan fingerprint density at radius 2 is 2.17 bits per heavy atom. The molecule has 1 atom stereocenters. The number of ether oxygens (including phenoxy) is 1. The first kappa shape index (κ1) is 13.0. The molecule has 96 valence electrons. The molecule has 0 bridgehead atoms. The number of ketones is 1. The van der Waals surface area contributed by atoms with Gasteiger partial charge in [0.2, 0.25) is 0 Å². The van der Waals surface area contributed by atoms with Crippen LogP contribution >= 0.6 is 11.6 Å². The van der Waals surface area contributed by atoms with Gasteiger partial charge in [-0.05, 0) is 37.5 Å². The van der Waals surface area contributed by atoms with Gasteiger partial charge in [-0.3, -0.25) is 4.79 Å². The molecule has 0 radical (unpaired) electrons. The first-order valence-corrected chi connectivity index (χ1v) is 6.14. The Bertz CT molecular complexity index is 487. The van der Waals surface area contributed by atoms with E-state index in [-0.39, 0.29) is 16.4 Å². The number of Topliss-reactive ketones (excluding diaryl/α,β-unsaturated/α-hetero) is 1. The average molecular weight is 271 g/mol. The molecule has 1 fully saturated rings. The minimum Gasteiger partial charge on any atom is -0.451 e. The van der Waals surface area contributed by atoms with E-state index in [1.54, 1.807) is 0 Å². The van der Waals surface area contributed by atoms with Crippen LogP contribution in [0.25, 0.3) is 0 Å². The van der Waals surface area contributed by atoms with Crippen molar-refractivity contribution in [3.05, 3.63) is 34.6 Å². The number of hydrogen-bond acceptors (Lipinski definition) is 3. The lowest BCUT2D eigenvalue weighted by Crippen LogP contribution is -2.30. The molecule has 1 aromatic rings. The van der Waals surface area contributed by atoms with Crippen LogP contribution in [-0.2, 0) is 9.53 Å². The SMILES string of the molecule is O=C(OC1CCCCC1=O)c1ccc(F)cc1Cl. The molecule has 0 amide bonds. The summed E-state index contributed by atoms with van der Waals surface area (Å²) in [5.74, 6) is -1.27. The van der Waals surface area contributed by atoms with Crippen molar-refractivity contribution < 1.29 is 18.7 Å². The lowest BCUT2D eigenvalue weighted by atomic mass is 9.96. The molecular formula is C13H12ClFO3. The maximum atomic E-state index is 12.8. The summed E-state index contributed by atoms with van der Waals surface area (Å²) >= 11 is 5.75. The van der Waals surface area contributed by atoms with Crippen molar-refractivity contribution in [2.75, 3.05) is 0 Å². The largest absolute Gasteiger partial charge is 0.451 e. The Kier molecular flexibility index (Phi) is 3.97. The molecule has 1 unspecified atom stereocenters. The van der Waals surface area contributed by atoms with Gasteiger partial charge in [-0.1, -0.05) is 11.6 Å². The van der Waals surface area contributed by atoms with E-state index >= 15 is 0 Å². The van der Waals surface area contributed by atoms with Gasteiger partial charge in [-0.2, -0.15) is 0 Å². The van der Waals surface area contributed by atoms with E-state index in [0.29, 0.717) is 12.8 Å². The van der Waals surface area contributed by atoms with Crippen molar-refractivity contribution in [2.45, 2.75) is 31.8 Å². The highest BCUT2D eigenvalue weighted by Crippen LogP contribution is 2.22. The number of carbonyl (C=O) groups is 2. The average Bonchev–Trinajstić information content (AvgIpc) is 2.32. The van der Waals surface area contributed by atoms with Crippen molar-refractivity contribution in [1.29, 1.82) is 0 Å². The second-order valence-electron chi connectivity index (χ2n) is 4.23. The summed E-state index contributed by atoms with van der Waals surface area (Å²) in [7, 11) is 0. The monoisotopic (exact) mass is 270 g/mol. The Labute approximate surface area is 109 Å². The Morgan fingerprint density at radius 1 is 1.39 bits per heavy atom. The number of halogens is 2. The van der Waals surface area contributed by atoms with E-state index in [2.05, 4.69) is 0 Å². The van der Waals surface area contributed by atoms with E-state index in [4.69, 9.17) is 16.3 Å². The number of hydrogen-bond donors (Lipinski definition) is 0. The number of benzene rings is 1. The molecule has 0 N–H and O–H groups in total. The molecule has 0 saturated heterocycles. The predicted molar refractivity (Wildman–Crippen MR) is 64.1 cm³/mol. The van der Waals surface area contributed by atoms with Crippen molar-refractivity contribution in [3.63, 3.8) is 0 Å². The van der Waals surface area contributed by atoms with Gasteiger partial charge in [-0.15, -0.1) is 0 Å². The van der Waals surface area contributed by atoms with Crippen LogP contribution < -0.4 is 0 Å². The first-order valence-electron chi connectivity index (χ1n) is 5.76. The molecule has 1 aromatic carbocycles. The Balaban J connectivity index is 2.09. The maximum absolute atomic E-state index is 12.8. The summed E-state index contributed by atoms with van der Waals surface area (Å²) in [5.41, 5.74) is 0.0800. The summed E-state index contributed by atoms with van der Waals surface area (Å²) < 4.78 is 18.0. The van der Waals surface area contributed by atoms with Crippen molar-refractivity contribution >= 4 is 23.4 Å². The molecule has 2 rings (SSSR count). The van der Waals surface area contributed by atoms with Crippen LogP contribution in [0.4, 0.5) is 4.39 Å². The zero-order chi connectivity index (χ0) is 13.1. The first-order chi connectivity index (χ1) is 8.58. The van der Waals surface area contributed by atoms with Crippen LogP contribution in [-0.4, -0.2) is 17.9 Å². The standard InChI is InChI=1S/C13H12ClFO3/c14-10-7-8(15)5-6-9(10)13(17)18-12-4-2-1-3-11(12)16/h5-7,12H,1-4H2. The fourth-order valence-corrected chi connectivity index (χ4v) is 2.17. The molecule has 3 nitrogen and oxygen atoms in total. The highest BCUT2D eigenvalue weighted by atomic mass is 35.5. The maximum Gasteiger partial charge on any atom is 0.340 e. The third-order valence-corrected chi connectivity index (χ3v) is 3.21. The zero-order valence-electron chi connectivity index (χ0n) is 9.62. The fraction of sp³-hybridized carbons (Fsp3) is 0.385. The molecule has 0 aliphatic heterocycles. The molecule has 5 heteroatoms. The van der Waals surface area contributed by atoms with E-state index in [9.17, 15) is 14.0 Å². The highest BCUT2D eigenvalue weighted by molar-refractivity contribution is 6.33. The smallest absolute Gasteiger partial charge is 0.340 e. The molecule has 0 heterocycles. The second kappa shape index (κ2) is 5.48. The molecular weight excluding hydrogens is 259 g/mol. The van der Waals surface area contributed by atoms with Gasteiger partial charge in [0.25, 0.3) is 0 Å². The van der Waals surface area contributed by atoms with E-state index in [0.717, 1.165) is 25.0 Å². The van der Waals surface area contributed by atoms with Crippen LogP contribution in [0.5, 0.6) is 0 Å². The van der Waals surface area contributed by atoms with E-state index in [1.807, 2.05) is 0 Å². The summed E-state index contributed by atoms with van der Waals surface area (Å²) in [6, 6.07) is 3.43. The fourth-order valence-electron chi connectivity index (χ4n) is 1.92. The predicted octanol–water partition coefficient (Wildman–Crippen LogP) is 3.15. The van der Waals surface area contributed by atoms with Gasteiger partial charge in [0.1, 0.15) is 5.82 Å². The highest BCUT2D eigenvalue weighted by Gasteiger charge is 2.26. The van der Waals surface area contributed by atoms with Gasteiger partial charge in [0.05, 0.1) is 10.6 Å². The van der Waals surface area contributed by atoms with Crippen LogP contribution in [0.15, 0.2) is 18.2 Å². The minimum absolute atomic E-state index is 0.0109. The summed E-state index contributed by atoms with van der Waals surface area (Å²) in [6.45, 7) is 0. The Morgan fingerprint density at radius 3 is 2.83 bits per heavy atom. The quantitative estimate of drug-likeness (QED) is 0.776. The van der Waals surface area contributed by atoms with Crippen LogP contribution in [0.3, 0.4) is 0 Å². The normalized spacial score (nSPS) is 19.7. The summed E-state index contributed by atoms with van der Waals surface area (Å²) in [5, 5.41) is -0.0109. The van der Waals surface area contributed by atoms with E-state index in [1.165, 1.54) is 6.07 Å².